The highest BCUT2D eigenvalue weighted by atomic mass is 16.2. The molecule has 0 aromatic heterocycles. The van der Waals surface area contributed by atoms with Gasteiger partial charge >= 0.3 is 6.03 Å². The molecule has 0 spiro atoms. The fourth-order valence-corrected chi connectivity index (χ4v) is 1.77. The molecule has 1 rings (SSSR count). The highest BCUT2D eigenvalue weighted by Gasteiger charge is 2.11. The number of primary amides is 1. The molecule has 0 atom stereocenters. The molecule has 0 radical (unpaired) electrons. The van der Waals surface area contributed by atoms with Crippen LogP contribution in [0.3, 0.4) is 0 Å². The van der Waals surface area contributed by atoms with Crippen molar-refractivity contribution in [3.63, 3.8) is 0 Å². The second kappa shape index (κ2) is 5.80. The smallest absolute Gasteiger partial charge is 0.312 e. The van der Waals surface area contributed by atoms with Crippen LogP contribution in [-0.2, 0) is 0 Å². The number of hydrogen-bond donors (Lipinski definition) is 3. The third-order valence-electron chi connectivity index (χ3n) is 2.55. The van der Waals surface area contributed by atoms with Gasteiger partial charge in [0, 0.05) is 6.54 Å². The number of amides is 2. The van der Waals surface area contributed by atoms with Crippen LogP contribution in [-0.4, -0.2) is 25.7 Å². The molecule has 76 valence electrons. The van der Waals surface area contributed by atoms with Gasteiger partial charge in [0.05, 0.1) is 0 Å². The Bertz CT molecular complexity index is 155. The maximum absolute atomic E-state index is 10.4. The minimum Gasteiger partial charge on any atom is -0.352 e. The Balaban J connectivity index is 1.95. The van der Waals surface area contributed by atoms with E-state index >= 15 is 0 Å². The molecular weight excluding hydrogens is 166 g/mol. The first-order chi connectivity index (χ1) is 6.29. The zero-order chi connectivity index (χ0) is 9.52. The van der Waals surface area contributed by atoms with E-state index in [1.165, 1.54) is 19.3 Å². The van der Waals surface area contributed by atoms with Crippen molar-refractivity contribution in [1.29, 1.82) is 0 Å². The fraction of sp³-hybridized carbons (Fsp3) is 0.889. The molecule has 0 bridgehead atoms. The van der Waals surface area contributed by atoms with Gasteiger partial charge < -0.3 is 16.4 Å². The van der Waals surface area contributed by atoms with Crippen LogP contribution in [0.25, 0.3) is 0 Å². The van der Waals surface area contributed by atoms with Gasteiger partial charge in [-0.15, -0.1) is 0 Å². The summed E-state index contributed by atoms with van der Waals surface area (Å²) in [6.45, 7) is 3.01. The van der Waals surface area contributed by atoms with E-state index in [0.29, 0.717) is 0 Å². The van der Waals surface area contributed by atoms with Crippen molar-refractivity contribution in [3.05, 3.63) is 0 Å². The number of rotatable bonds is 4. The molecule has 0 unspecified atom stereocenters. The van der Waals surface area contributed by atoms with E-state index in [-0.39, 0.29) is 0 Å². The van der Waals surface area contributed by atoms with Crippen molar-refractivity contribution in [1.82, 2.24) is 10.6 Å². The Hall–Kier alpha value is -0.770. The summed E-state index contributed by atoms with van der Waals surface area (Å²) in [5, 5.41) is 5.94. The van der Waals surface area contributed by atoms with Crippen LogP contribution >= 0.6 is 0 Å². The summed E-state index contributed by atoms with van der Waals surface area (Å²) in [5.41, 5.74) is 4.95. The quantitative estimate of drug-likeness (QED) is 0.556. The van der Waals surface area contributed by atoms with Crippen LogP contribution in [0.2, 0.25) is 0 Å². The van der Waals surface area contributed by atoms with Gasteiger partial charge in [0.2, 0.25) is 0 Å². The fourth-order valence-electron chi connectivity index (χ4n) is 1.77. The summed E-state index contributed by atoms with van der Waals surface area (Å²) in [7, 11) is 0. The minimum atomic E-state index is -0.412. The molecule has 0 aliphatic carbocycles. The number of carbonyl (C=O) groups excluding carboxylic acids is 1. The third-order valence-corrected chi connectivity index (χ3v) is 2.55. The number of piperidine rings is 1. The summed E-state index contributed by atoms with van der Waals surface area (Å²) < 4.78 is 0. The van der Waals surface area contributed by atoms with E-state index in [9.17, 15) is 4.79 Å². The highest BCUT2D eigenvalue weighted by Crippen LogP contribution is 2.16. The van der Waals surface area contributed by atoms with E-state index in [0.717, 1.165) is 32.0 Å². The van der Waals surface area contributed by atoms with Crippen molar-refractivity contribution in [2.24, 2.45) is 11.7 Å². The summed E-state index contributed by atoms with van der Waals surface area (Å²) in [5.74, 6) is 0.843. The average Bonchev–Trinajstić information content (AvgIpc) is 2.14. The van der Waals surface area contributed by atoms with Gasteiger partial charge in [0.1, 0.15) is 0 Å². The van der Waals surface area contributed by atoms with E-state index in [1.54, 1.807) is 0 Å². The second-order valence-electron chi connectivity index (χ2n) is 3.63. The standard InChI is InChI=1S/C9H19N3O/c10-9(13)12-5-1-2-8-3-6-11-7-4-8/h8,11H,1-7H2,(H3,10,12,13). The molecule has 1 aliphatic rings. The van der Waals surface area contributed by atoms with Gasteiger partial charge in [0.25, 0.3) is 0 Å². The number of hydrogen-bond acceptors (Lipinski definition) is 2. The van der Waals surface area contributed by atoms with Crippen molar-refractivity contribution < 1.29 is 4.79 Å². The lowest BCUT2D eigenvalue weighted by Crippen LogP contribution is -2.31. The first-order valence-electron chi connectivity index (χ1n) is 5.03. The van der Waals surface area contributed by atoms with Crippen molar-refractivity contribution in [2.45, 2.75) is 25.7 Å². The van der Waals surface area contributed by atoms with E-state index < -0.39 is 6.03 Å². The second-order valence-corrected chi connectivity index (χ2v) is 3.63. The molecule has 2 amide bonds. The Morgan fingerprint density at radius 3 is 2.77 bits per heavy atom. The number of urea groups is 1. The number of carbonyl (C=O) groups is 1. The molecule has 1 saturated heterocycles. The monoisotopic (exact) mass is 185 g/mol. The van der Waals surface area contributed by atoms with Crippen molar-refractivity contribution in [2.75, 3.05) is 19.6 Å². The molecule has 4 N–H and O–H groups in total. The first-order valence-corrected chi connectivity index (χ1v) is 5.03. The highest BCUT2D eigenvalue weighted by molar-refractivity contribution is 5.71. The van der Waals surface area contributed by atoms with Crippen LogP contribution in [0.5, 0.6) is 0 Å². The maximum Gasteiger partial charge on any atom is 0.312 e. The largest absolute Gasteiger partial charge is 0.352 e. The predicted octanol–water partition coefficient (Wildman–Crippen LogP) is 0.434. The summed E-state index contributed by atoms with van der Waals surface area (Å²) in [6.07, 6.45) is 4.81. The molecule has 4 heteroatoms. The van der Waals surface area contributed by atoms with Crippen LogP contribution < -0.4 is 16.4 Å². The SMILES string of the molecule is NC(=O)NCCCC1CCNCC1. The Morgan fingerprint density at radius 2 is 2.15 bits per heavy atom. The van der Waals surface area contributed by atoms with Crippen LogP contribution in [0.15, 0.2) is 0 Å². The predicted molar refractivity (Wildman–Crippen MR) is 52.4 cm³/mol. The number of nitrogens with one attached hydrogen (secondary N) is 2. The normalized spacial score (nSPS) is 18.5. The lowest BCUT2D eigenvalue weighted by atomic mass is 9.93. The minimum absolute atomic E-state index is 0.412. The molecule has 4 nitrogen and oxygen atoms in total. The van der Waals surface area contributed by atoms with Crippen molar-refractivity contribution in [3.8, 4) is 0 Å². The Labute approximate surface area is 79.3 Å². The maximum atomic E-state index is 10.4. The zero-order valence-corrected chi connectivity index (χ0v) is 8.01. The lowest BCUT2D eigenvalue weighted by molar-refractivity contribution is 0.248. The topological polar surface area (TPSA) is 67.2 Å². The summed E-state index contributed by atoms with van der Waals surface area (Å²) in [6, 6.07) is -0.412. The first kappa shape index (κ1) is 10.3. The Morgan fingerprint density at radius 1 is 1.46 bits per heavy atom. The molecule has 1 fully saturated rings. The molecule has 0 aromatic rings. The molecule has 0 saturated carbocycles. The molecule has 1 aliphatic heterocycles. The van der Waals surface area contributed by atoms with Crippen LogP contribution in [0.1, 0.15) is 25.7 Å². The van der Waals surface area contributed by atoms with Gasteiger partial charge in [-0.2, -0.15) is 0 Å². The molecule has 1 heterocycles. The Kier molecular flexibility index (Phi) is 4.60. The summed E-state index contributed by atoms with van der Waals surface area (Å²) >= 11 is 0. The zero-order valence-electron chi connectivity index (χ0n) is 8.01. The molecule has 0 aromatic carbocycles. The van der Waals surface area contributed by atoms with Crippen LogP contribution in [0.4, 0.5) is 4.79 Å². The lowest BCUT2D eigenvalue weighted by Gasteiger charge is -2.22. The van der Waals surface area contributed by atoms with Gasteiger partial charge in [-0.1, -0.05) is 0 Å². The van der Waals surface area contributed by atoms with E-state index in [2.05, 4.69) is 10.6 Å². The average molecular weight is 185 g/mol. The molecular formula is C9H19N3O. The van der Waals surface area contributed by atoms with Gasteiger partial charge in [-0.3, -0.25) is 0 Å². The number of nitrogens with two attached hydrogens (primary N) is 1. The van der Waals surface area contributed by atoms with Gasteiger partial charge in [0.15, 0.2) is 0 Å². The van der Waals surface area contributed by atoms with Crippen LogP contribution in [0, 0.1) is 5.92 Å². The van der Waals surface area contributed by atoms with Gasteiger partial charge in [-0.05, 0) is 44.7 Å². The van der Waals surface area contributed by atoms with Crippen molar-refractivity contribution >= 4 is 6.03 Å². The van der Waals surface area contributed by atoms with E-state index in [1.807, 2.05) is 0 Å². The summed E-state index contributed by atoms with van der Waals surface area (Å²) in [4.78, 5) is 10.4. The van der Waals surface area contributed by atoms with Gasteiger partial charge in [-0.25, -0.2) is 4.79 Å². The third kappa shape index (κ3) is 4.72. The van der Waals surface area contributed by atoms with E-state index in [4.69, 9.17) is 5.73 Å². The molecule has 13 heavy (non-hydrogen) atoms.